The maximum Gasteiger partial charge on any atom is 0.148 e. The quantitative estimate of drug-likeness (QED) is 0.796. The van der Waals surface area contributed by atoms with Gasteiger partial charge in [0.05, 0.1) is 5.75 Å². The van der Waals surface area contributed by atoms with Gasteiger partial charge in [0, 0.05) is 18.8 Å². The maximum absolute atomic E-state index is 11.2. The fraction of sp³-hybridized carbons (Fsp3) is 1.00. The van der Waals surface area contributed by atoms with Gasteiger partial charge in [-0.2, -0.15) is 0 Å². The summed E-state index contributed by atoms with van der Waals surface area (Å²) in [5.74, 6) is 1.21. The standard InChI is InChI=1S/C11H21NO2S.ClH/c1-9(10-3-4-10)12-7-11(5-6-11)8-15(2,13)14;/h9-10,12H,3-8H2,1-2H3;1H. The molecule has 0 aliphatic heterocycles. The smallest absolute Gasteiger partial charge is 0.148 e. The van der Waals surface area contributed by atoms with E-state index in [1.807, 2.05) is 0 Å². The molecule has 0 bridgehead atoms. The summed E-state index contributed by atoms with van der Waals surface area (Å²) in [5, 5.41) is 3.51. The van der Waals surface area contributed by atoms with Crippen LogP contribution in [0.2, 0.25) is 0 Å². The van der Waals surface area contributed by atoms with Crippen LogP contribution in [0.4, 0.5) is 0 Å². The lowest BCUT2D eigenvalue weighted by Crippen LogP contribution is -2.36. The molecule has 0 radical (unpaired) electrons. The molecule has 2 saturated carbocycles. The van der Waals surface area contributed by atoms with Crippen LogP contribution in [0.15, 0.2) is 0 Å². The van der Waals surface area contributed by atoms with Crippen molar-refractivity contribution in [2.75, 3.05) is 18.6 Å². The van der Waals surface area contributed by atoms with Gasteiger partial charge < -0.3 is 5.32 Å². The van der Waals surface area contributed by atoms with E-state index in [0.717, 1.165) is 25.3 Å². The third-order valence-corrected chi connectivity index (χ3v) is 4.79. The molecule has 1 N–H and O–H groups in total. The Balaban J connectivity index is 0.00000128. The Labute approximate surface area is 105 Å². The van der Waals surface area contributed by atoms with E-state index in [-0.39, 0.29) is 17.8 Å². The summed E-state index contributed by atoms with van der Waals surface area (Å²) in [6.07, 6.45) is 6.17. The third kappa shape index (κ3) is 4.22. The van der Waals surface area contributed by atoms with E-state index in [4.69, 9.17) is 0 Å². The molecule has 1 unspecified atom stereocenters. The molecule has 16 heavy (non-hydrogen) atoms. The minimum atomic E-state index is -2.81. The van der Waals surface area contributed by atoms with Crippen LogP contribution in [-0.4, -0.2) is 33.0 Å². The second-order valence-corrected chi connectivity index (χ2v) is 7.72. The van der Waals surface area contributed by atoms with Crippen LogP contribution in [0.25, 0.3) is 0 Å². The molecule has 96 valence electrons. The van der Waals surface area contributed by atoms with Gasteiger partial charge in [-0.15, -0.1) is 12.4 Å². The van der Waals surface area contributed by atoms with Gasteiger partial charge >= 0.3 is 0 Å². The first-order valence-electron chi connectivity index (χ1n) is 5.81. The van der Waals surface area contributed by atoms with Gasteiger partial charge in [-0.05, 0) is 43.9 Å². The van der Waals surface area contributed by atoms with Crippen LogP contribution in [0.1, 0.15) is 32.6 Å². The van der Waals surface area contributed by atoms with Crippen molar-refractivity contribution in [3.05, 3.63) is 0 Å². The predicted molar refractivity (Wildman–Crippen MR) is 68.8 cm³/mol. The molecule has 3 nitrogen and oxygen atoms in total. The highest BCUT2D eigenvalue weighted by molar-refractivity contribution is 7.90. The summed E-state index contributed by atoms with van der Waals surface area (Å²) in [5.41, 5.74) is 0.0801. The largest absolute Gasteiger partial charge is 0.313 e. The zero-order chi connectivity index (χ0) is 11.1. The molecule has 0 amide bonds. The van der Waals surface area contributed by atoms with Crippen molar-refractivity contribution in [2.45, 2.75) is 38.6 Å². The van der Waals surface area contributed by atoms with Crippen LogP contribution < -0.4 is 5.32 Å². The van der Waals surface area contributed by atoms with E-state index in [9.17, 15) is 8.42 Å². The summed E-state index contributed by atoms with van der Waals surface area (Å²) in [6, 6.07) is 0.571. The normalized spacial score (nSPS) is 24.6. The van der Waals surface area contributed by atoms with Crippen molar-refractivity contribution in [1.29, 1.82) is 0 Å². The monoisotopic (exact) mass is 267 g/mol. The third-order valence-electron chi connectivity index (χ3n) is 3.65. The van der Waals surface area contributed by atoms with Gasteiger partial charge in [0.25, 0.3) is 0 Å². The van der Waals surface area contributed by atoms with E-state index in [2.05, 4.69) is 12.2 Å². The minimum absolute atomic E-state index is 0. The van der Waals surface area contributed by atoms with Gasteiger partial charge in [0.2, 0.25) is 0 Å². The van der Waals surface area contributed by atoms with Gasteiger partial charge in [-0.3, -0.25) is 0 Å². The fourth-order valence-corrected chi connectivity index (χ4v) is 3.75. The Morgan fingerprint density at radius 3 is 2.31 bits per heavy atom. The Bertz CT molecular complexity index is 334. The Hall–Kier alpha value is 0.200. The highest BCUT2D eigenvalue weighted by Gasteiger charge is 2.45. The second kappa shape index (κ2) is 4.83. The van der Waals surface area contributed by atoms with Crippen LogP contribution in [0, 0.1) is 11.3 Å². The number of sulfone groups is 1. The van der Waals surface area contributed by atoms with E-state index in [1.165, 1.54) is 19.1 Å². The number of rotatable bonds is 6. The number of nitrogens with one attached hydrogen (secondary N) is 1. The van der Waals surface area contributed by atoms with Crippen molar-refractivity contribution in [2.24, 2.45) is 11.3 Å². The van der Waals surface area contributed by atoms with Gasteiger partial charge in [-0.25, -0.2) is 8.42 Å². The lowest BCUT2D eigenvalue weighted by atomic mass is 10.1. The fourth-order valence-electron chi connectivity index (χ4n) is 2.25. The summed E-state index contributed by atoms with van der Waals surface area (Å²) >= 11 is 0. The molecule has 0 saturated heterocycles. The number of halogens is 1. The maximum atomic E-state index is 11.2. The van der Waals surface area contributed by atoms with Crippen molar-refractivity contribution in [3.8, 4) is 0 Å². The second-order valence-electron chi connectivity index (χ2n) is 5.58. The van der Waals surface area contributed by atoms with Crippen molar-refractivity contribution >= 4 is 22.2 Å². The molecular weight excluding hydrogens is 246 g/mol. The average Bonchev–Trinajstić information content (AvgIpc) is 2.92. The van der Waals surface area contributed by atoms with Crippen LogP contribution in [0.3, 0.4) is 0 Å². The van der Waals surface area contributed by atoms with Gasteiger partial charge in [-0.1, -0.05) is 0 Å². The van der Waals surface area contributed by atoms with Crippen molar-refractivity contribution in [3.63, 3.8) is 0 Å². The van der Waals surface area contributed by atoms with Gasteiger partial charge in [0.15, 0.2) is 0 Å². The molecule has 0 aromatic carbocycles. The molecule has 0 heterocycles. The molecule has 2 aliphatic carbocycles. The van der Waals surface area contributed by atoms with E-state index in [0.29, 0.717) is 11.8 Å². The molecule has 0 aromatic rings. The SMILES string of the molecule is CC(NCC1(CS(C)(=O)=O)CC1)C1CC1.Cl. The topological polar surface area (TPSA) is 46.2 Å². The van der Waals surface area contributed by atoms with E-state index in [1.54, 1.807) is 0 Å². The molecule has 0 aromatic heterocycles. The first-order valence-corrected chi connectivity index (χ1v) is 7.87. The van der Waals surface area contributed by atoms with Crippen molar-refractivity contribution < 1.29 is 8.42 Å². The summed E-state index contributed by atoms with van der Waals surface area (Å²) in [7, 11) is -2.81. The molecule has 1 atom stereocenters. The van der Waals surface area contributed by atoms with E-state index < -0.39 is 9.84 Å². The summed E-state index contributed by atoms with van der Waals surface area (Å²) < 4.78 is 22.5. The molecule has 2 rings (SSSR count). The lowest BCUT2D eigenvalue weighted by molar-refractivity contribution is 0.422. The van der Waals surface area contributed by atoms with Crippen LogP contribution in [0.5, 0.6) is 0 Å². The molecular formula is C11H22ClNO2S. The molecule has 5 heteroatoms. The first kappa shape index (κ1) is 14.3. The predicted octanol–water partition coefficient (Wildman–Crippen LogP) is 1.62. The molecule has 0 spiro atoms. The Kier molecular flexibility index (Phi) is 4.30. The highest BCUT2D eigenvalue weighted by Crippen LogP contribution is 2.46. The Morgan fingerprint density at radius 1 is 1.38 bits per heavy atom. The zero-order valence-corrected chi connectivity index (χ0v) is 11.7. The Morgan fingerprint density at radius 2 is 1.94 bits per heavy atom. The van der Waals surface area contributed by atoms with Gasteiger partial charge in [0.1, 0.15) is 9.84 Å². The van der Waals surface area contributed by atoms with Crippen LogP contribution in [-0.2, 0) is 9.84 Å². The van der Waals surface area contributed by atoms with Crippen molar-refractivity contribution in [1.82, 2.24) is 5.32 Å². The molecule has 2 fully saturated rings. The minimum Gasteiger partial charge on any atom is -0.313 e. The van der Waals surface area contributed by atoms with E-state index >= 15 is 0 Å². The van der Waals surface area contributed by atoms with Crippen LogP contribution >= 0.6 is 12.4 Å². The first-order chi connectivity index (χ1) is 6.90. The number of hydrogen-bond acceptors (Lipinski definition) is 3. The average molecular weight is 268 g/mol. The summed E-state index contributed by atoms with van der Waals surface area (Å²) in [4.78, 5) is 0. The molecule has 2 aliphatic rings. The summed E-state index contributed by atoms with van der Waals surface area (Å²) in [6.45, 7) is 3.10. The zero-order valence-electron chi connectivity index (χ0n) is 10.0. The lowest BCUT2D eigenvalue weighted by Gasteiger charge is -2.19. The highest BCUT2D eigenvalue weighted by atomic mass is 35.5. The number of hydrogen-bond donors (Lipinski definition) is 1.